The molecule has 1 aromatic heterocycles. The van der Waals surface area contributed by atoms with Gasteiger partial charge in [0.1, 0.15) is 11.5 Å². The van der Waals surface area contributed by atoms with Crippen molar-refractivity contribution in [2.24, 2.45) is 0 Å². The Morgan fingerprint density at radius 2 is 1.24 bits per heavy atom. The van der Waals surface area contributed by atoms with Crippen molar-refractivity contribution in [2.45, 2.75) is 97.3 Å². The molecule has 0 spiro atoms. The number of rotatable bonds is 18. The summed E-state index contributed by atoms with van der Waals surface area (Å²) in [6.07, 6.45) is 16.6. The van der Waals surface area contributed by atoms with Crippen LogP contribution in [0.5, 0.6) is 11.5 Å². The van der Waals surface area contributed by atoms with Gasteiger partial charge in [0.15, 0.2) is 0 Å². The summed E-state index contributed by atoms with van der Waals surface area (Å²) in [5, 5.41) is 0. The molecule has 0 fully saturated rings. The highest BCUT2D eigenvalue weighted by molar-refractivity contribution is 7.15. The van der Waals surface area contributed by atoms with Gasteiger partial charge in [0.05, 0.1) is 12.2 Å². The van der Waals surface area contributed by atoms with Crippen LogP contribution in [0.4, 0.5) is 0 Å². The number of thiophene rings is 1. The lowest BCUT2D eigenvalue weighted by Gasteiger charge is -2.08. The van der Waals surface area contributed by atoms with Crippen molar-refractivity contribution in [3.05, 3.63) is 71.1 Å². The van der Waals surface area contributed by atoms with Gasteiger partial charge < -0.3 is 9.47 Å². The minimum atomic E-state index is -0.354. The molecule has 0 saturated heterocycles. The Hall–Kier alpha value is -2.59. The van der Waals surface area contributed by atoms with Crippen LogP contribution in [0.15, 0.2) is 60.7 Å². The van der Waals surface area contributed by atoms with Crippen LogP contribution < -0.4 is 9.47 Å². The third-order valence-corrected chi connectivity index (χ3v) is 7.84. The first-order valence-corrected chi connectivity index (χ1v) is 15.2. The number of aryl methyl sites for hydroxylation is 1. The second-order valence-corrected chi connectivity index (χ2v) is 11.0. The topological polar surface area (TPSA) is 35.5 Å². The molecule has 37 heavy (non-hydrogen) atoms. The first kappa shape index (κ1) is 29.0. The first-order chi connectivity index (χ1) is 18.2. The van der Waals surface area contributed by atoms with Crippen LogP contribution in [-0.4, -0.2) is 12.6 Å². The lowest BCUT2D eigenvalue weighted by atomic mass is 10.1. The number of unbranched alkanes of at least 4 members (excludes halogenated alkanes) is 10. The normalized spacial score (nSPS) is 11.0. The fourth-order valence-corrected chi connectivity index (χ4v) is 5.41. The monoisotopic (exact) mass is 520 g/mol. The van der Waals surface area contributed by atoms with E-state index in [0.29, 0.717) is 11.3 Å². The fourth-order valence-electron chi connectivity index (χ4n) is 4.36. The molecule has 1 heterocycles. The highest BCUT2D eigenvalue weighted by Gasteiger charge is 2.10. The van der Waals surface area contributed by atoms with E-state index in [1.807, 2.05) is 47.7 Å². The van der Waals surface area contributed by atoms with E-state index < -0.39 is 0 Å². The van der Waals surface area contributed by atoms with E-state index in [2.05, 4.69) is 26.0 Å². The van der Waals surface area contributed by atoms with Crippen LogP contribution >= 0.6 is 11.3 Å². The summed E-state index contributed by atoms with van der Waals surface area (Å²) >= 11 is 1.85. The number of benzene rings is 2. The van der Waals surface area contributed by atoms with Crippen molar-refractivity contribution < 1.29 is 14.3 Å². The Bertz CT molecular complexity index is 1020. The Labute approximate surface area is 228 Å². The first-order valence-electron chi connectivity index (χ1n) is 14.3. The zero-order valence-corrected chi connectivity index (χ0v) is 23.6. The predicted octanol–water partition coefficient (Wildman–Crippen LogP) is 10.3. The molecular weight excluding hydrogens is 476 g/mol. The van der Waals surface area contributed by atoms with Crippen LogP contribution in [0, 0.1) is 0 Å². The summed E-state index contributed by atoms with van der Waals surface area (Å²) in [5.74, 6) is 0.998. The molecular formula is C33H44O3S. The molecule has 4 heteroatoms. The average Bonchev–Trinajstić information content (AvgIpc) is 3.40. The van der Waals surface area contributed by atoms with E-state index in [9.17, 15) is 4.79 Å². The van der Waals surface area contributed by atoms with Gasteiger partial charge in [-0.3, -0.25) is 0 Å². The molecule has 0 aliphatic carbocycles. The van der Waals surface area contributed by atoms with Crippen LogP contribution in [0.1, 0.15) is 106 Å². The third-order valence-electron chi connectivity index (χ3n) is 6.64. The number of hydrogen-bond acceptors (Lipinski definition) is 4. The summed E-state index contributed by atoms with van der Waals surface area (Å²) in [6, 6.07) is 19.5. The standard InChI is InChI=1S/C33H44O3S/c1-3-5-7-9-10-11-12-14-26-35-29-20-18-28(19-21-29)33(34)36-30-22-16-27(17-23-30)32-25-24-31(37-32)15-13-8-6-4-2/h16-25H,3-15,26H2,1-2H3. The molecule has 3 nitrogen and oxygen atoms in total. The van der Waals surface area contributed by atoms with Gasteiger partial charge in [-0.25, -0.2) is 4.79 Å². The Balaban J connectivity index is 1.38. The lowest BCUT2D eigenvalue weighted by Crippen LogP contribution is -2.08. The lowest BCUT2D eigenvalue weighted by molar-refractivity contribution is 0.0734. The maximum atomic E-state index is 12.6. The molecule has 3 aromatic rings. The molecule has 0 unspecified atom stereocenters. The molecule has 0 amide bonds. The summed E-state index contributed by atoms with van der Waals surface area (Å²) < 4.78 is 11.4. The number of carbonyl (C=O) groups is 1. The smallest absolute Gasteiger partial charge is 0.343 e. The van der Waals surface area contributed by atoms with Crippen molar-refractivity contribution in [3.8, 4) is 21.9 Å². The highest BCUT2D eigenvalue weighted by atomic mass is 32.1. The van der Waals surface area contributed by atoms with E-state index in [1.54, 1.807) is 12.1 Å². The highest BCUT2D eigenvalue weighted by Crippen LogP contribution is 2.30. The van der Waals surface area contributed by atoms with Crippen molar-refractivity contribution in [1.29, 1.82) is 0 Å². The summed E-state index contributed by atoms with van der Waals surface area (Å²) in [6.45, 7) is 5.21. The molecule has 0 saturated carbocycles. The molecule has 0 aliphatic rings. The van der Waals surface area contributed by atoms with Gasteiger partial charge in [-0.2, -0.15) is 0 Å². The zero-order valence-electron chi connectivity index (χ0n) is 22.8. The van der Waals surface area contributed by atoms with Crippen LogP contribution in [0.2, 0.25) is 0 Å². The van der Waals surface area contributed by atoms with Crippen LogP contribution in [-0.2, 0) is 6.42 Å². The second-order valence-electron chi connectivity index (χ2n) is 9.84. The van der Waals surface area contributed by atoms with Gasteiger partial charge in [-0.1, -0.05) is 78.1 Å². The van der Waals surface area contributed by atoms with Gasteiger partial charge in [-0.05, 0) is 85.5 Å². The number of ether oxygens (including phenoxy) is 2. The quantitative estimate of drug-likeness (QED) is 0.0950. The predicted molar refractivity (Wildman–Crippen MR) is 157 cm³/mol. The maximum absolute atomic E-state index is 12.6. The van der Waals surface area contributed by atoms with Crippen molar-refractivity contribution in [1.82, 2.24) is 0 Å². The number of esters is 1. The van der Waals surface area contributed by atoms with E-state index in [4.69, 9.17) is 9.47 Å². The summed E-state index contributed by atoms with van der Waals surface area (Å²) in [5.41, 5.74) is 1.68. The number of carbonyl (C=O) groups excluding carboxylic acids is 1. The van der Waals surface area contributed by atoms with Gasteiger partial charge in [0.2, 0.25) is 0 Å². The Morgan fingerprint density at radius 1 is 0.649 bits per heavy atom. The van der Waals surface area contributed by atoms with E-state index in [0.717, 1.165) is 30.8 Å². The minimum Gasteiger partial charge on any atom is -0.494 e. The van der Waals surface area contributed by atoms with E-state index >= 15 is 0 Å². The summed E-state index contributed by atoms with van der Waals surface area (Å²) in [4.78, 5) is 15.3. The largest absolute Gasteiger partial charge is 0.494 e. The Kier molecular flexibility index (Phi) is 13.3. The van der Waals surface area contributed by atoms with Gasteiger partial charge in [0.25, 0.3) is 0 Å². The molecule has 3 rings (SSSR count). The molecule has 0 bridgehead atoms. The molecule has 0 radical (unpaired) electrons. The second kappa shape index (κ2) is 17.0. The zero-order chi connectivity index (χ0) is 26.1. The van der Waals surface area contributed by atoms with Crippen LogP contribution in [0.3, 0.4) is 0 Å². The molecule has 0 aliphatic heterocycles. The molecule has 200 valence electrons. The fraction of sp³-hybridized carbons (Fsp3) is 0.485. The minimum absolute atomic E-state index is 0.354. The average molecular weight is 521 g/mol. The summed E-state index contributed by atoms with van der Waals surface area (Å²) in [7, 11) is 0. The third kappa shape index (κ3) is 10.7. The maximum Gasteiger partial charge on any atom is 0.343 e. The van der Waals surface area contributed by atoms with Crippen LogP contribution in [0.25, 0.3) is 10.4 Å². The van der Waals surface area contributed by atoms with Gasteiger partial charge >= 0.3 is 5.97 Å². The van der Waals surface area contributed by atoms with E-state index in [1.165, 1.54) is 80.4 Å². The van der Waals surface area contributed by atoms with E-state index in [-0.39, 0.29) is 5.97 Å². The van der Waals surface area contributed by atoms with Crippen molar-refractivity contribution in [3.63, 3.8) is 0 Å². The van der Waals surface area contributed by atoms with Gasteiger partial charge in [-0.15, -0.1) is 11.3 Å². The Morgan fingerprint density at radius 3 is 1.92 bits per heavy atom. The van der Waals surface area contributed by atoms with Gasteiger partial charge in [0, 0.05) is 9.75 Å². The number of hydrogen-bond donors (Lipinski definition) is 0. The molecule has 0 N–H and O–H groups in total. The molecule has 2 aromatic carbocycles. The molecule has 0 atom stereocenters. The van der Waals surface area contributed by atoms with Crippen molar-refractivity contribution >= 4 is 17.3 Å². The SMILES string of the molecule is CCCCCCCCCCOc1ccc(C(=O)Oc2ccc(-c3ccc(CCCCCC)s3)cc2)cc1. The van der Waals surface area contributed by atoms with Crippen molar-refractivity contribution in [2.75, 3.05) is 6.61 Å².